The summed E-state index contributed by atoms with van der Waals surface area (Å²) < 4.78 is 5.53. The molecule has 0 spiro atoms. The minimum absolute atomic E-state index is 0.264. The molecule has 7 nitrogen and oxygen atoms in total. The highest BCUT2D eigenvalue weighted by molar-refractivity contribution is 6.30. The molecule has 1 amide bonds. The molecule has 0 bridgehead atoms. The number of carbonyl (C=O) groups is 1. The monoisotopic (exact) mass is 399 g/mol. The molecule has 0 radical (unpaired) electrons. The van der Waals surface area contributed by atoms with Crippen molar-refractivity contribution in [3.05, 3.63) is 66.2 Å². The Morgan fingerprint density at radius 2 is 1.96 bits per heavy atom. The number of rotatable bonds is 5. The molecule has 0 aliphatic rings. The van der Waals surface area contributed by atoms with E-state index in [1.54, 1.807) is 51.1 Å². The molecule has 0 unspecified atom stereocenters. The predicted octanol–water partition coefficient (Wildman–Crippen LogP) is 4.72. The standard InChI is InChI=1S/C20H22ClN5O2/c1-14(24-11-5-10-22)17-12-23-13-18(25-17)26(19(27)28-20(2,3)4)16-8-6-15(21)7-9-16/h5-13H,1,22H2,2-4H3/b10-5-,24-11-. The lowest BCUT2D eigenvalue weighted by Crippen LogP contribution is -2.34. The lowest BCUT2D eigenvalue weighted by Gasteiger charge is -2.26. The first-order chi connectivity index (χ1) is 13.2. The molecular formula is C20H22ClN5O2. The molecule has 0 atom stereocenters. The number of aliphatic imine (C=N–C) groups is 1. The van der Waals surface area contributed by atoms with Gasteiger partial charge in [-0.15, -0.1) is 0 Å². The molecule has 2 rings (SSSR count). The van der Waals surface area contributed by atoms with Gasteiger partial charge in [0.05, 0.1) is 23.8 Å². The number of halogens is 1. The third-order valence-corrected chi connectivity index (χ3v) is 3.49. The van der Waals surface area contributed by atoms with Gasteiger partial charge in [-0.05, 0) is 57.3 Å². The minimum Gasteiger partial charge on any atom is -0.443 e. The Labute approximate surface area is 169 Å². The van der Waals surface area contributed by atoms with Gasteiger partial charge in [-0.1, -0.05) is 18.2 Å². The fourth-order valence-electron chi connectivity index (χ4n) is 2.08. The molecule has 146 valence electrons. The molecule has 0 saturated heterocycles. The zero-order valence-electron chi connectivity index (χ0n) is 16.0. The summed E-state index contributed by atoms with van der Waals surface area (Å²) in [5.41, 5.74) is 5.90. The lowest BCUT2D eigenvalue weighted by molar-refractivity contribution is 0.0598. The largest absolute Gasteiger partial charge is 0.443 e. The van der Waals surface area contributed by atoms with Gasteiger partial charge in [0.15, 0.2) is 5.82 Å². The van der Waals surface area contributed by atoms with Crippen molar-refractivity contribution < 1.29 is 9.53 Å². The molecule has 0 aliphatic heterocycles. The number of nitrogens with two attached hydrogens (primary N) is 1. The van der Waals surface area contributed by atoms with Crippen molar-refractivity contribution in [2.45, 2.75) is 26.4 Å². The van der Waals surface area contributed by atoms with Crippen LogP contribution in [0.1, 0.15) is 26.5 Å². The highest BCUT2D eigenvalue weighted by Crippen LogP contribution is 2.28. The Hall–Kier alpha value is -3.19. The molecule has 28 heavy (non-hydrogen) atoms. The van der Waals surface area contributed by atoms with Gasteiger partial charge in [-0.3, -0.25) is 9.98 Å². The summed E-state index contributed by atoms with van der Waals surface area (Å²) in [7, 11) is 0. The van der Waals surface area contributed by atoms with Crippen molar-refractivity contribution in [1.29, 1.82) is 0 Å². The number of carbonyl (C=O) groups excluding carboxylic acids is 1. The second kappa shape index (κ2) is 9.14. The molecular weight excluding hydrogens is 378 g/mol. The van der Waals surface area contributed by atoms with E-state index in [0.29, 0.717) is 22.1 Å². The lowest BCUT2D eigenvalue weighted by atomic mass is 10.2. The topological polar surface area (TPSA) is 93.7 Å². The highest BCUT2D eigenvalue weighted by atomic mass is 35.5. The Morgan fingerprint density at radius 1 is 1.29 bits per heavy atom. The van der Waals surface area contributed by atoms with Crippen LogP contribution in [0, 0.1) is 0 Å². The fourth-order valence-corrected chi connectivity index (χ4v) is 2.21. The van der Waals surface area contributed by atoms with E-state index in [9.17, 15) is 4.79 Å². The first-order valence-electron chi connectivity index (χ1n) is 8.42. The van der Waals surface area contributed by atoms with Crippen LogP contribution in [0.2, 0.25) is 5.02 Å². The minimum atomic E-state index is -0.685. The summed E-state index contributed by atoms with van der Waals surface area (Å²) in [5.74, 6) is 0.264. The van der Waals surface area contributed by atoms with Crippen LogP contribution < -0.4 is 10.6 Å². The van der Waals surface area contributed by atoms with Gasteiger partial charge < -0.3 is 10.5 Å². The molecule has 1 aromatic heterocycles. The summed E-state index contributed by atoms with van der Waals surface area (Å²) >= 11 is 5.97. The smallest absolute Gasteiger partial charge is 0.420 e. The van der Waals surface area contributed by atoms with E-state index in [2.05, 4.69) is 21.5 Å². The first kappa shape index (κ1) is 21.1. The van der Waals surface area contributed by atoms with Gasteiger partial charge >= 0.3 is 6.09 Å². The van der Waals surface area contributed by atoms with Gasteiger partial charge in [0, 0.05) is 11.2 Å². The van der Waals surface area contributed by atoms with Crippen molar-refractivity contribution in [3.63, 3.8) is 0 Å². The zero-order valence-corrected chi connectivity index (χ0v) is 16.7. The van der Waals surface area contributed by atoms with Crippen molar-refractivity contribution in [1.82, 2.24) is 9.97 Å². The maximum absolute atomic E-state index is 12.9. The highest BCUT2D eigenvalue weighted by Gasteiger charge is 2.26. The van der Waals surface area contributed by atoms with E-state index >= 15 is 0 Å². The molecule has 0 saturated carbocycles. The summed E-state index contributed by atoms with van der Waals surface area (Å²) in [6.07, 6.45) is 6.76. The molecule has 8 heteroatoms. The van der Waals surface area contributed by atoms with Crippen LogP contribution in [0.3, 0.4) is 0 Å². The number of anilines is 2. The van der Waals surface area contributed by atoms with Crippen molar-refractivity contribution in [3.8, 4) is 0 Å². The summed E-state index contributed by atoms with van der Waals surface area (Å²) in [5, 5.41) is 0.545. The third-order valence-electron chi connectivity index (χ3n) is 3.24. The number of nitrogens with zero attached hydrogens (tertiary/aromatic N) is 4. The maximum Gasteiger partial charge on any atom is 0.420 e. The van der Waals surface area contributed by atoms with E-state index in [-0.39, 0.29) is 5.82 Å². The van der Waals surface area contributed by atoms with Gasteiger partial charge in [-0.25, -0.2) is 14.7 Å². The quantitative estimate of drug-likeness (QED) is 0.734. The van der Waals surface area contributed by atoms with Crippen molar-refractivity contribution in [2.75, 3.05) is 4.90 Å². The van der Waals surface area contributed by atoms with Gasteiger partial charge in [-0.2, -0.15) is 0 Å². The zero-order chi connectivity index (χ0) is 20.7. The fraction of sp³-hybridized carbons (Fsp3) is 0.200. The average molecular weight is 400 g/mol. The number of hydrogen-bond acceptors (Lipinski definition) is 6. The van der Waals surface area contributed by atoms with E-state index in [0.717, 1.165) is 0 Å². The van der Waals surface area contributed by atoms with Gasteiger partial charge in [0.2, 0.25) is 0 Å². The third kappa shape index (κ3) is 5.92. The molecule has 1 aromatic carbocycles. The van der Waals surface area contributed by atoms with Crippen LogP contribution in [0.4, 0.5) is 16.3 Å². The van der Waals surface area contributed by atoms with Crippen LogP contribution >= 0.6 is 11.6 Å². The summed E-state index contributed by atoms with van der Waals surface area (Å²) in [6.45, 7) is 9.22. The maximum atomic E-state index is 12.9. The van der Waals surface area contributed by atoms with Crippen molar-refractivity contribution >= 4 is 41.1 Å². The van der Waals surface area contributed by atoms with E-state index in [1.165, 1.54) is 29.7 Å². The first-order valence-corrected chi connectivity index (χ1v) is 8.80. The molecule has 1 heterocycles. The summed E-state index contributed by atoms with van der Waals surface area (Å²) in [4.78, 5) is 26.9. The van der Waals surface area contributed by atoms with Crippen LogP contribution in [-0.4, -0.2) is 27.9 Å². The number of hydrogen-bond donors (Lipinski definition) is 1. The van der Waals surface area contributed by atoms with Crippen LogP contribution in [-0.2, 0) is 4.74 Å². The Morgan fingerprint density at radius 3 is 2.57 bits per heavy atom. The molecule has 2 aromatic rings. The van der Waals surface area contributed by atoms with Crippen molar-refractivity contribution in [2.24, 2.45) is 10.7 Å². The second-order valence-electron chi connectivity index (χ2n) is 6.66. The number of ether oxygens (including phenoxy) is 1. The van der Waals surface area contributed by atoms with Gasteiger partial charge in [0.25, 0.3) is 0 Å². The van der Waals surface area contributed by atoms with Crippen LogP contribution in [0.25, 0.3) is 5.70 Å². The van der Waals surface area contributed by atoms with Crippen LogP contribution in [0.15, 0.2) is 60.5 Å². The normalized spacial score (nSPS) is 11.7. The molecule has 0 fully saturated rings. The van der Waals surface area contributed by atoms with E-state index < -0.39 is 11.7 Å². The summed E-state index contributed by atoms with van der Waals surface area (Å²) in [6, 6.07) is 6.74. The number of aromatic nitrogens is 2. The Bertz CT molecular complexity index is 902. The van der Waals surface area contributed by atoms with E-state index in [1.807, 2.05) is 0 Å². The molecule has 0 aliphatic carbocycles. The average Bonchev–Trinajstić information content (AvgIpc) is 2.62. The Balaban J connectivity index is 2.45. The van der Waals surface area contributed by atoms with Crippen LogP contribution in [0.5, 0.6) is 0 Å². The number of benzene rings is 1. The number of amides is 1. The Kier molecular flexibility index (Phi) is 6.89. The second-order valence-corrected chi connectivity index (χ2v) is 7.10. The molecule has 2 N–H and O–H groups in total. The number of allylic oxidation sites excluding steroid dienone is 1. The van der Waals surface area contributed by atoms with E-state index in [4.69, 9.17) is 22.1 Å². The van der Waals surface area contributed by atoms with Gasteiger partial charge in [0.1, 0.15) is 11.3 Å². The predicted molar refractivity (Wildman–Crippen MR) is 113 cm³/mol. The SMILES string of the molecule is C=C(/N=C\C=C/N)c1cncc(N(C(=O)OC(C)(C)C)c2ccc(Cl)cc2)n1.